The zero-order chi connectivity index (χ0) is 22.1. The van der Waals surface area contributed by atoms with Crippen LogP contribution in [-0.4, -0.2) is 18.7 Å². The Bertz CT molecular complexity index is 1050. The van der Waals surface area contributed by atoms with E-state index in [1.54, 1.807) is 30.5 Å². The van der Waals surface area contributed by atoms with Gasteiger partial charge in [0.05, 0.1) is 12.8 Å². The van der Waals surface area contributed by atoms with E-state index in [-0.39, 0.29) is 5.91 Å². The molecule has 160 valence electrons. The van der Waals surface area contributed by atoms with Crippen LogP contribution >= 0.6 is 31.9 Å². The molecule has 3 rings (SSSR count). The Labute approximate surface area is 198 Å². The molecule has 7 heteroatoms. The number of halogens is 2. The minimum absolute atomic E-state index is 0.305. The van der Waals surface area contributed by atoms with Gasteiger partial charge in [0.25, 0.3) is 5.91 Å². The first-order valence-corrected chi connectivity index (χ1v) is 11.4. The average Bonchev–Trinajstić information content (AvgIpc) is 2.77. The summed E-state index contributed by atoms with van der Waals surface area (Å²) in [7, 11) is 0. The van der Waals surface area contributed by atoms with E-state index < -0.39 is 0 Å². The molecule has 0 atom stereocenters. The summed E-state index contributed by atoms with van der Waals surface area (Å²) in [5.74, 6) is 1.10. The number of ether oxygens (including phenoxy) is 2. The Morgan fingerprint density at radius 2 is 1.77 bits per heavy atom. The molecule has 0 aliphatic heterocycles. The second kappa shape index (κ2) is 11.7. The third kappa shape index (κ3) is 7.22. The molecule has 0 bridgehead atoms. The normalized spacial score (nSPS) is 10.8. The van der Waals surface area contributed by atoms with Crippen molar-refractivity contribution >= 4 is 44.0 Å². The number of carbonyl (C=O) groups is 1. The maximum absolute atomic E-state index is 12.4. The predicted octanol–water partition coefficient (Wildman–Crippen LogP) is 6.34. The van der Waals surface area contributed by atoms with E-state index >= 15 is 0 Å². The highest BCUT2D eigenvalue weighted by molar-refractivity contribution is 9.10. The zero-order valence-corrected chi connectivity index (χ0v) is 20.1. The Hall–Kier alpha value is -2.64. The van der Waals surface area contributed by atoms with E-state index in [2.05, 4.69) is 42.4 Å². The molecule has 31 heavy (non-hydrogen) atoms. The Balaban J connectivity index is 1.56. The number of amides is 1. The van der Waals surface area contributed by atoms with E-state index in [9.17, 15) is 4.79 Å². The summed E-state index contributed by atoms with van der Waals surface area (Å²) < 4.78 is 13.4. The van der Waals surface area contributed by atoms with Crippen LogP contribution in [0.5, 0.6) is 11.5 Å². The van der Waals surface area contributed by atoms with Crippen LogP contribution in [-0.2, 0) is 6.61 Å². The third-order valence-corrected chi connectivity index (χ3v) is 5.20. The van der Waals surface area contributed by atoms with Gasteiger partial charge in [-0.15, -0.1) is 0 Å². The lowest BCUT2D eigenvalue weighted by atomic mass is 10.2. The van der Waals surface area contributed by atoms with Crippen LogP contribution in [0.15, 0.2) is 80.8 Å². The highest BCUT2D eigenvalue weighted by Gasteiger charge is 2.06. The zero-order valence-electron chi connectivity index (χ0n) is 17.0. The molecule has 1 amide bonds. The second-order valence-corrected chi connectivity index (χ2v) is 8.50. The highest BCUT2D eigenvalue weighted by Crippen LogP contribution is 2.22. The fraction of sp³-hybridized carbons (Fsp3) is 0.167. The van der Waals surface area contributed by atoms with Crippen molar-refractivity contribution in [2.45, 2.75) is 20.0 Å². The van der Waals surface area contributed by atoms with E-state index in [4.69, 9.17) is 9.47 Å². The predicted molar refractivity (Wildman–Crippen MR) is 130 cm³/mol. The Kier molecular flexibility index (Phi) is 8.67. The lowest BCUT2D eigenvalue weighted by molar-refractivity contribution is 0.0955. The number of benzene rings is 3. The SMILES string of the molecule is CCCOc1ccc(Br)cc1C=NNC(=O)c1ccc(OCc2cccc(Br)c2)cc1. The van der Waals surface area contributed by atoms with Crippen molar-refractivity contribution in [3.05, 3.63) is 92.4 Å². The van der Waals surface area contributed by atoms with Gasteiger partial charge in [-0.3, -0.25) is 4.79 Å². The fourth-order valence-corrected chi connectivity index (χ4v) is 3.51. The summed E-state index contributed by atoms with van der Waals surface area (Å²) in [6.45, 7) is 3.11. The van der Waals surface area contributed by atoms with Crippen molar-refractivity contribution in [1.29, 1.82) is 0 Å². The molecule has 0 aliphatic carbocycles. The molecule has 3 aromatic rings. The van der Waals surface area contributed by atoms with E-state index in [0.717, 1.165) is 32.2 Å². The first kappa shape index (κ1) is 23.0. The highest BCUT2D eigenvalue weighted by atomic mass is 79.9. The number of hydrogen-bond donors (Lipinski definition) is 1. The number of hydrogen-bond acceptors (Lipinski definition) is 4. The summed E-state index contributed by atoms with van der Waals surface area (Å²) in [6.07, 6.45) is 2.48. The van der Waals surface area contributed by atoms with Gasteiger partial charge in [-0.05, 0) is 66.6 Å². The van der Waals surface area contributed by atoms with Gasteiger partial charge in [0.2, 0.25) is 0 Å². The summed E-state index contributed by atoms with van der Waals surface area (Å²) in [6, 6.07) is 20.5. The molecule has 0 aromatic heterocycles. The van der Waals surface area contributed by atoms with Gasteiger partial charge in [-0.2, -0.15) is 5.10 Å². The molecule has 0 unspecified atom stereocenters. The lowest BCUT2D eigenvalue weighted by Gasteiger charge is -2.08. The van der Waals surface area contributed by atoms with Gasteiger partial charge in [0, 0.05) is 20.1 Å². The summed E-state index contributed by atoms with van der Waals surface area (Å²) in [4.78, 5) is 12.4. The van der Waals surface area contributed by atoms with Crippen LogP contribution in [0.4, 0.5) is 0 Å². The van der Waals surface area contributed by atoms with Crippen molar-refractivity contribution in [3.8, 4) is 11.5 Å². The van der Waals surface area contributed by atoms with Crippen molar-refractivity contribution < 1.29 is 14.3 Å². The smallest absolute Gasteiger partial charge is 0.271 e. The molecule has 0 saturated carbocycles. The molecule has 0 heterocycles. The van der Waals surface area contributed by atoms with Gasteiger partial charge in [0.15, 0.2) is 0 Å². The van der Waals surface area contributed by atoms with Gasteiger partial charge in [0.1, 0.15) is 18.1 Å². The topological polar surface area (TPSA) is 59.9 Å². The van der Waals surface area contributed by atoms with Gasteiger partial charge in [-0.1, -0.05) is 50.9 Å². The van der Waals surface area contributed by atoms with Crippen LogP contribution in [0.25, 0.3) is 0 Å². The van der Waals surface area contributed by atoms with Crippen molar-refractivity contribution in [3.63, 3.8) is 0 Å². The maximum atomic E-state index is 12.4. The van der Waals surface area contributed by atoms with E-state index in [1.165, 1.54) is 0 Å². The monoisotopic (exact) mass is 544 g/mol. The van der Waals surface area contributed by atoms with Gasteiger partial charge >= 0.3 is 0 Å². The second-order valence-electron chi connectivity index (χ2n) is 6.67. The lowest BCUT2D eigenvalue weighted by Crippen LogP contribution is -2.17. The number of hydrazone groups is 1. The van der Waals surface area contributed by atoms with Gasteiger partial charge in [-0.25, -0.2) is 5.43 Å². The van der Waals surface area contributed by atoms with E-state index in [0.29, 0.717) is 24.5 Å². The largest absolute Gasteiger partial charge is 0.493 e. The molecule has 5 nitrogen and oxygen atoms in total. The van der Waals surface area contributed by atoms with Crippen molar-refractivity contribution in [2.24, 2.45) is 5.10 Å². The Morgan fingerprint density at radius 1 is 1.00 bits per heavy atom. The first-order valence-electron chi connectivity index (χ1n) is 9.78. The molecular weight excluding hydrogens is 524 g/mol. The minimum Gasteiger partial charge on any atom is -0.493 e. The maximum Gasteiger partial charge on any atom is 0.271 e. The number of rotatable bonds is 9. The Morgan fingerprint density at radius 3 is 2.52 bits per heavy atom. The van der Waals surface area contributed by atoms with Crippen LogP contribution in [0.3, 0.4) is 0 Å². The van der Waals surface area contributed by atoms with Gasteiger partial charge < -0.3 is 9.47 Å². The third-order valence-electron chi connectivity index (χ3n) is 4.21. The van der Waals surface area contributed by atoms with Crippen LogP contribution in [0.1, 0.15) is 34.8 Å². The number of nitrogens with one attached hydrogen (secondary N) is 1. The summed E-state index contributed by atoms with van der Waals surface area (Å²) >= 11 is 6.89. The standard InChI is InChI=1S/C24H22Br2N2O3/c1-2-12-30-23-11-8-21(26)14-19(23)15-27-28-24(29)18-6-9-22(10-7-18)31-16-17-4-3-5-20(25)13-17/h3-11,13-15H,2,12,16H2,1H3,(H,28,29). The average molecular weight is 546 g/mol. The van der Waals surface area contributed by atoms with Crippen LogP contribution in [0, 0.1) is 0 Å². The first-order chi connectivity index (χ1) is 15.0. The number of carbonyl (C=O) groups excluding carboxylic acids is 1. The summed E-state index contributed by atoms with van der Waals surface area (Å²) in [5, 5.41) is 4.07. The molecule has 0 spiro atoms. The molecule has 1 N–H and O–H groups in total. The molecule has 0 aliphatic rings. The fourth-order valence-electron chi connectivity index (χ4n) is 2.68. The number of nitrogens with zero attached hydrogens (tertiary/aromatic N) is 1. The molecule has 0 saturated heterocycles. The molecular formula is C24H22Br2N2O3. The molecule has 0 fully saturated rings. The molecule has 0 radical (unpaired) electrons. The van der Waals surface area contributed by atoms with Crippen molar-refractivity contribution in [1.82, 2.24) is 5.43 Å². The van der Waals surface area contributed by atoms with Crippen LogP contribution < -0.4 is 14.9 Å². The van der Waals surface area contributed by atoms with Crippen molar-refractivity contribution in [2.75, 3.05) is 6.61 Å². The molecule has 3 aromatic carbocycles. The van der Waals surface area contributed by atoms with E-state index in [1.807, 2.05) is 49.4 Å². The minimum atomic E-state index is -0.305. The quantitative estimate of drug-likeness (QED) is 0.252. The summed E-state index contributed by atoms with van der Waals surface area (Å²) in [5.41, 5.74) is 4.87. The van der Waals surface area contributed by atoms with Crippen LogP contribution in [0.2, 0.25) is 0 Å².